The smallest absolute Gasteiger partial charge is 0.290 e. The fraction of sp³-hybridized carbons (Fsp3) is 0.0952. The van der Waals surface area contributed by atoms with Gasteiger partial charge in [-0.2, -0.15) is 10.2 Å². The van der Waals surface area contributed by atoms with Crippen molar-refractivity contribution in [2.24, 2.45) is 0 Å². The maximum Gasteiger partial charge on any atom is 0.290 e. The first-order valence-corrected chi connectivity index (χ1v) is 9.28. The molecular weight excluding hydrogens is 403 g/mol. The SMILES string of the molecule is O=C1CC(c2cnn(-c3cccc(F)c3)c2)c2c(n[nH]c2-c2ccccn2)N1.O=CO. The van der Waals surface area contributed by atoms with Crippen molar-refractivity contribution in [3.05, 3.63) is 78.0 Å². The van der Waals surface area contributed by atoms with E-state index in [0.717, 1.165) is 22.5 Å². The number of pyridine rings is 1. The number of hydrogen-bond acceptors (Lipinski definition) is 5. The first kappa shape index (κ1) is 20.0. The predicted octanol–water partition coefficient (Wildman–Crippen LogP) is 2.97. The minimum atomic E-state index is -0.332. The fourth-order valence-corrected chi connectivity index (χ4v) is 3.52. The molecule has 1 unspecified atom stereocenters. The van der Waals surface area contributed by atoms with Crippen molar-refractivity contribution in [2.45, 2.75) is 12.3 Å². The van der Waals surface area contributed by atoms with Crippen LogP contribution in [0.2, 0.25) is 0 Å². The van der Waals surface area contributed by atoms with Crippen LogP contribution in [0.5, 0.6) is 0 Å². The highest BCUT2D eigenvalue weighted by Crippen LogP contribution is 2.41. The van der Waals surface area contributed by atoms with Crippen molar-refractivity contribution in [1.82, 2.24) is 25.0 Å². The highest BCUT2D eigenvalue weighted by molar-refractivity contribution is 5.95. The Morgan fingerprint density at radius 1 is 1.23 bits per heavy atom. The van der Waals surface area contributed by atoms with Gasteiger partial charge in [0.1, 0.15) is 5.82 Å². The van der Waals surface area contributed by atoms with Crippen molar-refractivity contribution in [1.29, 1.82) is 0 Å². The molecule has 0 spiro atoms. The van der Waals surface area contributed by atoms with Crippen LogP contribution in [0.4, 0.5) is 10.2 Å². The molecule has 4 heterocycles. The van der Waals surface area contributed by atoms with Crippen molar-refractivity contribution in [3.8, 4) is 17.1 Å². The van der Waals surface area contributed by atoms with Crippen molar-refractivity contribution in [3.63, 3.8) is 0 Å². The number of aromatic nitrogens is 5. The van der Waals surface area contributed by atoms with Gasteiger partial charge in [-0.25, -0.2) is 9.07 Å². The first-order valence-electron chi connectivity index (χ1n) is 9.28. The van der Waals surface area contributed by atoms with E-state index in [2.05, 4.69) is 25.6 Å². The molecule has 9 nitrogen and oxygen atoms in total. The average molecular weight is 420 g/mol. The Labute approximate surface area is 175 Å². The minimum Gasteiger partial charge on any atom is -0.483 e. The summed E-state index contributed by atoms with van der Waals surface area (Å²) in [6.45, 7) is -0.250. The number of carboxylic acid groups (broad SMARTS) is 1. The minimum absolute atomic E-state index is 0.116. The van der Waals surface area contributed by atoms with E-state index in [-0.39, 0.29) is 30.5 Å². The molecule has 0 saturated heterocycles. The number of amides is 1. The molecule has 3 aromatic heterocycles. The first-order chi connectivity index (χ1) is 15.1. The molecule has 5 rings (SSSR count). The van der Waals surface area contributed by atoms with E-state index in [9.17, 15) is 9.18 Å². The summed E-state index contributed by atoms with van der Waals surface area (Å²) in [7, 11) is 0. The third-order valence-electron chi connectivity index (χ3n) is 4.80. The molecule has 0 fully saturated rings. The van der Waals surface area contributed by atoms with Gasteiger partial charge in [0.25, 0.3) is 6.47 Å². The van der Waals surface area contributed by atoms with E-state index in [0.29, 0.717) is 11.5 Å². The van der Waals surface area contributed by atoms with Crippen LogP contribution >= 0.6 is 0 Å². The van der Waals surface area contributed by atoms with Crippen LogP contribution in [0, 0.1) is 5.82 Å². The Balaban J connectivity index is 0.000000730. The number of anilines is 1. The Bertz CT molecular complexity index is 1220. The quantitative estimate of drug-likeness (QED) is 0.438. The number of benzene rings is 1. The summed E-state index contributed by atoms with van der Waals surface area (Å²) in [4.78, 5) is 25.0. The van der Waals surface area contributed by atoms with Gasteiger partial charge >= 0.3 is 0 Å². The van der Waals surface area contributed by atoms with Crippen LogP contribution in [0.3, 0.4) is 0 Å². The third-order valence-corrected chi connectivity index (χ3v) is 4.80. The van der Waals surface area contributed by atoms with Crippen LogP contribution in [-0.2, 0) is 9.59 Å². The van der Waals surface area contributed by atoms with Gasteiger partial charge in [-0.05, 0) is 35.9 Å². The van der Waals surface area contributed by atoms with Gasteiger partial charge in [-0.15, -0.1) is 0 Å². The van der Waals surface area contributed by atoms with Crippen LogP contribution in [0.15, 0.2) is 61.1 Å². The molecule has 3 N–H and O–H groups in total. The van der Waals surface area contributed by atoms with Gasteiger partial charge in [0, 0.05) is 30.3 Å². The lowest BCUT2D eigenvalue weighted by atomic mass is 9.86. The number of carbonyl (C=O) groups is 2. The monoisotopic (exact) mass is 420 g/mol. The molecule has 1 amide bonds. The second-order valence-electron chi connectivity index (χ2n) is 6.68. The van der Waals surface area contributed by atoms with Crippen LogP contribution in [0.25, 0.3) is 17.1 Å². The zero-order chi connectivity index (χ0) is 21.8. The van der Waals surface area contributed by atoms with Gasteiger partial charge < -0.3 is 10.4 Å². The number of aromatic amines is 1. The highest BCUT2D eigenvalue weighted by Gasteiger charge is 2.33. The standard InChI is InChI=1S/C20H15FN6O.CH2O2/c21-13-4-3-5-14(8-13)27-11-12(10-23-27)15-9-17(28)24-20-18(15)19(25-26-20)16-6-1-2-7-22-16;2-1-3/h1-8,10-11,15H,9H2,(H2,24,25,26,28);1H,(H,2,3). The zero-order valence-electron chi connectivity index (χ0n) is 16.1. The Hall–Kier alpha value is -4.34. The summed E-state index contributed by atoms with van der Waals surface area (Å²) in [5, 5.41) is 21.3. The number of carbonyl (C=O) groups excluding carboxylic acids is 1. The molecule has 31 heavy (non-hydrogen) atoms. The molecular formula is C21H17FN6O3. The van der Waals surface area contributed by atoms with Crippen LogP contribution < -0.4 is 5.32 Å². The summed E-state index contributed by atoms with van der Waals surface area (Å²) in [5.74, 6) is -0.182. The largest absolute Gasteiger partial charge is 0.483 e. The van der Waals surface area contributed by atoms with E-state index >= 15 is 0 Å². The van der Waals surface area contributed by atoms with E-state index in [1.54, 1.807) is 29.2 Å². The van der Waals surface area contributed by atoms with Crippen LogP contribution in [-0.4, -0.2) is 42.4 Å². The molecule has 0 radical (unpaired) electrons. The molecule has 156 valence electrons. The van der Waals surface area contributed by atoms with Crippen molar-refractivity contribution in [2.75, 3.05) is 5.32 Å². The van der Waals surface area contributed by atoms with Gasteiger partial charge in [-0.3, -0.25) is 19.7 Å². The predicted molar refractivity (Wildman–Crippen MR) is 109 cm³/mol. The molecule has 0 saturated carbocycles. The Morgan fingerprint density at radius 2 is 2.06 bits per heavy atom. The van der Waals surface area contributed by atoms with Gasteiger partial charge in [0.15, 0.2) is 5.82 Å². The van der Waals surface area contributed by atoms with E-state index in [1.165, 1.54) is 12.1 Å². The van der Waals surface area contributed by atoms with E-state index < -0.39 is 0 Å². The fourth-order valence-electron chi connectivity index (χ4n) is 3.52. The molecule has 0 aliphatic carbocycles. The summed E-state index contributed by atoms with van der Waals surface area (Å²) >= 11 is 0. The number of fused-ring (bicyclic) bond motifs is 1. The van der Waals surface area contributed by atoms with E-state index in [1.807, 2.05) is 24.4 Å². The average Bonchev–Trinajstić information content (AvgIpc) is 3.42. The molecule has 4 aromatic rings. The molecule has 1 atom stereocenters. The number of halogens is 1. The number of H-pyrrole nitrogens is 1. The highest BCUT2D eigenvalue weighted by atomic mass is 19.1. The van der Waals surface area contributed by atoms with Gasteiger partial charge in [0.05, 0.1) is 23.3 Å². The van der Waals surface area contributed by atoms with Crippen LogP contribution in [0.1, 0.15) is 23.5 Å². The van der Waals surface area contributed by atoms with Crippen molar-refractivity contribution >= 4 is 18.2 Å². The number of nitrogens with one attached hydrogen (secondary N) is 2. The molecule has 10 heteroatoms. The lowest BCUT2D eigenvalue weighted by Gasteiger charge is -2.21. The summed E-state index contributed by atoms with van der Waals surface area (Å²) in [5.41, 5.74) is 3.84. The molecule has 0 bridgehead atoms. The lowest BCUT2D eigenvalue weighted by molar-refractivity contribution is -0.123. The maximum absolute atomic E-state index is 13.5. The maximum atomic E-state index is 13.5. The molecule has 1 aromatic carbocycles. The summed E-state index contributed by atoms with van der Waals surface area (Å²) < 4.78 is 15.2. The number of rotatable bonds is 3. The van der Waals surface area contributed by atoms with Crippen molar-refractivity contribution < 1.29 is 19.1 Å². The second kappa shape index (κ2) is 8.57. The number of hydrogen-bond donors (Lipinski definition) is 3. The van der Waals surface area contributed by atoms with E-state index in [4.69, 9.17) is 9.90 Å². The third kappa shape index (κ3) is 4.04. The Kier molecular flexibility index (Phi) is 5.52. The number of nitrogens with zero attached hydrogens (tertiary/aromatic N) is 4. The normalized spacial score (nSPS) is 14.7. The Morgan fingerprint density at radius 3 is 2.81 bits per heavy atom. The summed E-state index contributed by atoms with van der Waals surface area (Å²) in [6.07, 6.45) is 5.49. The topological polar surface area (TPSA) is 126 Å². The molecule has 1 aliphatic rings. The summed E-state index contributed by atoms with van der Waals surface area (Å²) in [6, 6.07) is 11.8. The van der Waals surface area contributed by atoms with Gasteiger partial charge in [-0.1, -0.05) is 12.1 Å². The molecule has 1 aliphatic heterocycles. The second-order valence-corrected chi connectivity index (χ2v) is 6.68. The zero-order valence-corrected chi connectivity index (χ0v) is 16.1. The lowest BCUT2D eigenvalue weighted by Crippen LogP contribution is -2.23. The van der Waals surface area contributed by atoms with Gasteiger partial charge in [0.2, 0.25) is 5.91 Å².